The van der Waals surface area contributed by atoms with Gasteiger partial charge in [0.15, 0.2) is 23.9 Å². The maximum absolute atomic E-state index is 12.6. The molecule has 0 radical (unpaired) electrons. The van der Waals surface area contributed by atoms with Gasteiger partial charge >= 0.3 is 5.97 Å². The monoisotopic (exact) mass is 486 g/mol. The molecule has 1 heterocycles. The van der Waals surface area contributed by atoms with Crippen LogP contribution in [0.4, 0.5) is 5.69 Å². The third kappa shape index (κ3) is 6.52. The van der Waals surface area contributed by atoms with E-state index in [2.05, 4.69) is 10.6 Å². The van der Waals surface area contributed by atoms with E-state index in [1.165, 1.54) is 38.7 Å². The maximum Gasteiger partial charge on any atom is 0.338 e. The fourth-order valence-corrected chi connectivity index (χ4v) is 3.16. The van der Waals surface area contributed by atoms with E-state index in [0.29, 0.717) is 18.0 Å². The van der Waals surface area contributed by atoms with Crippen molar-refractivity contribution in [3.63, 3.8) is 0 Å². The third-order valence-corrected chi connectivity index (χ3v) is 4.94. The number of anilines is 1. The van der Waals surface area contributed by atoms with Gasteiger partial charge in [-0.15, -0.1) is 0 Å². The zero-order chi connectivity index (χ0) is 24.5. The molecule has 1 aromatic heterocycles. The summed E-state index contributed by atoms with van der Waals surface area (Å²) >= 11 is 5.85. The highest BCUT2D eigenvalue weighted by molar-refractivity contribution is 6.30. The molecule has 0 spiro atoms. The van der Waals surface area contributed by atoms with Crippen LogP contribution >= 0.6 is 11.6 Å². The van der Waals surface area contributed by atoms with Crippen LogP contribution in [0.5, 0.6) is 11.5 Å². The highest BCUT2D eigenvalue weighted by Gasteiger charge is 2.20. The SMILES string of the molecule is COc1cc(C(=O)OCC(=O)NCCc2ccc(Cl)cc2)cc(NC(=O)c2ccco2)c1OC. The van der Waals surface area contributed by atoms with Gasteiger partial charge in [0.1, 0.15) is 0 Å². The number of amides is 2. The number of nitrogens with one attached hydrogen (secondary N) is 2. The van der Waals surface area contributed by atoms with Crippen molar-refractivity contribution in [3.05, 3.63) is 76.7 Å². The molecular formula is C24H23ClN2O7. The number of carbonyl (C=O) groups is 3. The first-order valence-corrected chi connectivity index (χ1v) is 10.6. The smallest absolute Gasteiger partial charge is 0.338 e. The minimum atomic E-state index is -0.776. The van der Waals surface area contributed by atoms with Crippen LogP contribution in [-0.4, -0.2) is 45.2 Å². The van der Waals surface area contributed by atoms with Crippen molar-refractivity contribution in [2.75, 3.05) is 32.7 Å². The van der Waals surface area contributed by atoms with Crippen molar-refractivity contribution in [1.82, 2.24) is 5.32 Å². The van der Waals surface area contributed by atoms with Gasteiger partial charge in [-0.1, -0.05) is 23.7 Å². The van der Waals surface area contributed by atoms with Gasteiger partial charge in [-0.25, -0.2) is 4.79 Å². The minimum Gasteiger partial charge on any atom is -0.493 e. The van der Waals surface area contributed by atoms with Gasteiger partial charge in [0, 0.05) is 11.6 Å². The zero-order valence-corrected chi connectivity index (χ0v) is 19.3. The van der Waals surface area contributed by atoms with Gasteiger partial charge in [-0.3, -0.25) is 9.59 Å². The number of hydrogen-bond acceptors (Lipinski definition) is 7. The Hall–Kier alpha value is -3.98. The van der Waals surface area contributed by atoms with Gasteiger partial charge in [0.2, 0.25) is 0 Å². The Kier molecular flexibility index (Phi) is 8.53. The minimum absolute atomic E-state index is 0.0568. The number of methoxy groups -OCH3 is 2. The van der Waals surface area contributed by atoms with Crippen LogP contribution in [0.1, 0.15) is 26.5 Å². The van der Waals surface area contributed by atoms with Crippen molar-refractivity contribution in [2.45, 2.75) is 6.42 Å². The van der Waals surface area contributed by atoms with Crippen molar-refractivity contribution in [2.24, 2.45) is 0 Å². The summed E-state index contributed by atoms with van der Waals surface area (Å²) < 4.78 is 20.8. The molecule has 2 amide bonds. The highest BCUT2D eigenvalue weighted by atomic mass is 35.5. The van der Waals surface area contributed by atoms with Gasteiger partial charge in [0.25, 0.3) is 11.8 Å². The first kappa shape index (κ1) is 24.7. The van der Waals surface area contributed by atoms with Gasteiger partial charge in [-0.2, -0.15) is 0 Å². The zero-order valence-electron chi connectivity index (χ0n) is 18.6. The quantitative estimate of drug-likeness (QED) is 0.419. The summed E-state index contributed by atoms with van der Waals surface area (Å²) in [4.78, 5) is 37.0. The molecule has 0 fully saturated rings. The van der Waals surface area contributed by atoms with E-state index in [1.807, 2.05) is 12.1 Å². The second-order valence-electron chi connectivity index (χ2n) is 6.99. The molecule has 9 nitrogen and oxygen atoms in total. The van der Waals surface area contributed by atoms with Crippen LogP contribution in [0.25, 0.3) is 0 Å². The second-order valence-corrected chi connectivity index (χ2v) is 7.43. The van der Waals surface area contributed by atoms with Gasteiger partial charge in [-0.05, 0) is 48.4 Å². The molecule has 0 unspecified atom stereocenters. The summed E-state index contributed by atoms with van der Waals surface area (Å²) in [5.41, 5.74) is 1.24. The van der Waals surface area contributed by atoms with Crippen LogP contribution in [0, 0.1) is 0 Å². The molecule has 3 aromatic rings. The van der Waals surface area contributed by atoms with Crippen LogP contribution in [0.15, 0.2) is 59.2 Å². The topological polar surface area (TPSA) is 116 Å². The summed E-state index contributed by atoms with van der Waals surface area (Å²) in [6.45, 7) is -0.0980. The molecule has 178 valence electrons. The van der Waals surface area contributed by atoms with E-state index >= 15 is 0 Å². The summed E-state index contributed by atoms with van der Waals surface area (Å²) in [6, 6.07) is 13.1. The lowest BCUT2D eigenvalue weighted by atomic mass is 10.1. The van der Waals surface area contributed by atoms with Crippen LogP contribution in [-0.2, 0) is 16.0 Å². The molecule has 3 rings (SSSR count). The van der Waals surface area contributed by atoms with Crippen LogP contribution in [0.2, 0.25) is 5.02 Å². The number of carbonyl (C=O) groups excluding carboxylic acids is 3. The van der Waals surface area contributed by atoms with Crippen molar-refractivity contribution in [1.29, 1.82) is 0 Å². The van der Waals surface area contributed by atoms with Gasteiger partial charge < -0.3 is 29.3 Å². The first-order chi connectivity index (χ1) is 16.4. The normalized spacial score (nSPS) is 10.3. The van der Waals surface area contributed by atoms with Crippen molar-refractivity contribution < 1.29 is 33.0 Å². The number of hydrogen-bond donors (Lipinski definition) is 2. The first-order valence-electron chi connectivity index (χ1n) is 10.2. The molecule has 0 aliphatic heterocycles. The predicted molar refractivity (Wildman–Crippen MR) is 125 cm³/mol. The second kappa shape index (κ2) is 11.8. The Morgan fingerprint density at radius 3 is 2.44 bits per heavy atom. The number of ether oxygens (including phenoxy) is 3. The number of rotatable bonds is 10. The maximum atomic E-state index is 12.6. The van der Waals surface area contributed by atoms with E-state index < -0.39 is 24.4 Å². The Bertz CT molecular complexity index is 1140. The van der Waals surface area contributed by atoms with E-state index in [-0.39, 0.29) is 28.5 Å². The number of furan rings is 1. The molecule has 0 saturated carbocycles. The van der Waals surface area contributed by atoms with Crippen LogP contribution in [0.3, 0.4) is 0 Å². The molecule has 0 aliphatic rings. The lowest BCUT2D eigenvalue weighted by molar-refractivity contribution is -0.124. The Morgan fingerprint density at radius 1 is 1.03 bits per heavy atom. The van der Waals surface area contributed by atoms with E-state index in [0.717, 1.165) is 5.56 Å². The molecule has 0 atom stereocenters. The average Bonchev–Trinajstić information content (AvgIpc) is 3.38. The molecule has 0 saturated heterocycles. The van der Waals surface area contributed by atoms with E-state index in [1.54, 1.807) is 18.2 Å². The molecular weight excluding hydrogens is 464 g/mol. The Balaban J connectivity index is 1.61. The highest BCUT2D eigenvalue weighted by Crippen LogP contribution is 2.37. The average molecular weight is 487 g/mol. The summed E-state index contributed by atoms with van der Waals surface area (Å²) in [7, 11) is 2.78. The van der Waals surface area contributed by atoms with Crippen molar-refractivity contribution >= 4 is 35.1 Å². The standard InChI is InChI=1S/C24H23ClN2O7/c1-31-20-13-16(12-18(22(20)32-2)27-23(29)19-4-3-11-33-19)24(30)34-14-21(28)26-10-9-15-5-7-17(25)8-6-15/h3-8,11-13H,9-10,14H2,1-2H3,(H,26,28)(H,27,29). The molecule has 34 heavy (non-hydrogen) atoms. The number of esters is 1. The Labute approximate surface area is 200 Å². The fraction of sp³-hybridized carbons (Fsp3) is 0.208. The summed E-state index contributed by atoms with van der Waals surface area (Å²) in [5.74, 6) is -1.30. The number of halogens is 1. The lowest BCUT2D eigenvalue weighted by Gasteiger charge is -2.15. The number of benzene rings is 2. The van der Waals surface area contributed by atoms with E-state index in [4.69, 9.17) is 30.2 Å². The molecule has 0 aliphatic carbocycles. The van der Waals surface area contributed by atoms with Gasteiger partial charge in [0.05, 0.1) is 31.7 Å². The molecule has 0 bridgehead atoms. The van der Waals surface area contributed by atoms with Crippen LogP contribution < -0.4 is 20.1 Å². The molecule has 10 heteroatoms. The summed E-state index contributed by atoms with van der Waals surface area (Å²) in [6.07, 6.45) is 1.96. The third-order valence-electron chi connectivity index (χ3n) is 4.69. The Morgan fingerprint density at radius 2 is 1.79 bits per heavy atom. The summed E-state index contributed by atoms with van der Waals surface area (Å²) in [5, 5.41) is 5.94. The molecule has 2 N–H and O–H groups in total. The van der Waals surface area contributed by atoms with Crippen molar-refractivity contribution in [3.8, 4) is 11.5 Å². The fourth-order valence-electron chi connectivity index (χ4n) is 3.03. The predicted octanol–water partition coefficient (Wildman–Crippen LogP) is 3.72. The largest absolute Gasteiger partial charge is 0.493 e. The van der Waals surface area contributed by atoms with E-state index in [9.17, 15) is 14.4 Å². The lowest BCUT2D eigenvalue weighted by Crippen LogP contribution is -2.30. The molecule has 2 aromatic carbocycles.